The number of thioether (sulfide) groups is 1. The van der Waals surface area contributed by atoms with Gasteiger partial charge in [0.2, 0.25) is 5.91 Å². The highest BCUT2D eigenvalue weighted by atomic mass is 32.2. The van der Waals surface area contributed by atoms with E-state index in [1.807, 2.05) is 9.80 Å². The predicted octanol–water partition coefficient (Wildman–Crippen LogP) is 1.57. The number of aryl methyl sites for hydroxylation is 2. The Bertz CT molecular complexity index is 765. The molecule has 1 spiro atoms. The van der Waals surface area contributed by atoms with E-state index in [-0.39, 0.29) is 28.5 Å². The van der Waals surface area contributed by atoms with Crippen LogP contribution in [0, 0.1) is 19.3 Å². The van der Waals surface area contributed by atoms with E-state index in [0.717, 1.165) is 32.4 Å². The van der Waals surface area contributed by atoms with Gasteiger partial charge in [0, 0.05) is 31.9 Å². The summed E-state index contributed by atoms with van der Waals surface area (Å²) in [6.45, 7) is 6.36. The number of likely N-dealkylation sites (tertiary alicyclic amines) is 2. The minimum Gasteiger partial charge on any atom is -0.361 e. The zero-order chi connectivity index (χ0) is 19.2. The molecule has 27 heavy (non-hydrogen) atoms. The summed E-state index contributed by atoms with van der Waals surface area (Å²) in [5.41, 5.74) is 1.29. The van der Waals surface area contributed by atoms with E-state index in [0.29, 0.717) is 35.9 Å². The van der Waals surface area contributed by atoms with Crippen molar-refractivity contribution in [2.75, 3.05) is 31.9 Å². The van der Waals surface area contributed by atoms with Gasteiger partial charge in [-0.3, -0.25) is 14.4 Å². The minimum atomic E-state index is -0.390. The quantitative estimate of drug-likeness (QED) is 0.821. The second kappa shape index (κ2) is 6.85. The number of piperidine rings is 1. The van der Waals surface area contributed by atoms with E-state index in [1.54, 1.807) is 13.8 Å². The third kappa shape index (κ3) is 3.33. The highest BCUT2D eigenvalue weighted by molar-refractivity contribution is 8.14. The van der Waals surface area contributed by atoms with Crippen LogP contribution in [-0.4, -0.2) is 70.0 Å². The molecule has 3 aliphatic heterocycles. The number of nitrogens with one attached hydrogen (secondary N) is 1. The molecule has 3 aliphatic rings. The maximum atomic E-state index is 12.8. The molecule has 0 saturated carbocycles. The SMILES string of the molecule is Cc1noc(C)c1C(=O)N1CCC2(CC1)CCN(C(=O)[C@@H]1CSC(=O)N1)C2. The largest absolute Gasteiger partial charge is 0.361 e. The fourth-order valence-corrected chi connectivity index (χ4v) is 5.17. The maximum absolute atomic E-state index is 12.8. The molecule has 1 N–H and O–H groups in total. The summed E-state index contributed by atoms with van der Waals surface area (Å²) in [5, 5.41) is 6.50. The number of aromatic nitrogens is 1. The van der Waals surface area contributed by atoms with Crippen LogP contribution in [0.15, 0.2) is 4.52 Å². The molecule has 1 aromatic heterocycles. The van der Waals surface area contributed by atoms with Crippen molar-refractivity contribution in [2.45, 2.75) is 39.2 Å². The second-order valence-corrected chi connectivity index (χ2v) is 8.79. The molecule has 0 bridgehead atoms. The third-order valence-electron chi connectivity index (χ3n) is 6.08. The van der Waals surface area contributed by atoms with Gasteiger partial charge in [-0.1, -0.05) is 16.9 Å². The Hall–Kier alpha value is -2.03. The van der Waals surface area contributed by atoms with Gasteiger partial charge in [0.15, 0.2) is 0 Å². The van der Waals surface area contributed by atoms with E-state index in [9.17, 15) is 14.4 Å². The number of carbonyl (C=O) groups excluding carboxylic acids is 3. The summed E-state index contributed by atoms with van der Waals surface area (Å²) in [6.07, 6.45) is 2.73. The lowest BCUT2D eigenvalue weighted by Gasteiger charge is -2.39. The van der Waals surface area contributed by atoms with Gasteiger partial charge in [-0.05, 0) is 38.5 Å². The third-order valence-corrected chi connectivity index (χ3v) is 6.96. The molecule has 9 heteroatoms. The first-order chi connectivity index (χ1) is 12.9. The van der Waals surface area contributed by atoms with E-state index < -0.39 is 0 Å². The van der Waals surface area contributed by atoms with Crippen molar-refractivity contribution >= 4 is 28.8 Å². The second-order valence-electron chi connectivity index (χ2n) is 7.80. The molecule has 4 heterocycles. The fraction of sp³-hybridized carbons (Fsp3) is 0.667. The number of amides is 3. The summed E-state index contributed by atoms with van der Waals surface area (Å²) in [6, 6.07) is -0.390. The minimum absolute atomic E-state index is 0.0160. The van der Waals surface area contributed by atoms with Gasteiger partial charge in [-0.15, -0.1) is 0 Å². The van der Waals surface area contributed by atoms with Gasteiger partial charge in [0.25, 0.3) is 11.1 Å². The average Bonchev–Trinajstić information content (AvgIpc) is 3.35. The first-order valence-electron chi connectivity index (χ1n) is 9.33. The zero-order valence-electron chi connectivity index (χ0n) is 15.6. The number of hydrogen-bond donors (Lipinski definition) is 1. The normalized spacial score (nSPS) is 24.5. The molecule has 1 atom stereocenters. The predicted molar refractivity (Wildman–Crippen MR) is 99.5 cm³/mol. The molecule has 0 unspecified atom stereocenters. The van der Waals surface area contributed by atoms with Crippen LogP contribution in [-0.2, 0) is 4.79 Å². The summed E-state index contributed by atoms with van der Waals surface area (Å²) in [4.78, 5) is 40.5. The van der Waals surface area contributed by atoms with Crippen LogP contribution >= 0.6 is 11.8 Å². The van der Waals surface area contributed by atoms with Crippen LogP contribution in [0.3, 0.4) is 0 Å². The smallest absolute Gasteiger partial charge is 0.279 e. The fourth-order valence-electron chi connectivity index (χ4n) is 4.40. The van der Waals surface area contributed by atoms with E-state index in [2.05, 4.69) is 10.5 Å². The van der Waals surface area contributed by atoms with Crippen LogP contribution < -0.4 is 5.32 Å². The summed E-state index contributed by atoms with van der Waals surface area (Å²) >= 11 is 1.17. The Labute approximate surface area is 162 Å². The molecular formula is C18H24N4O4S. The molecule has 0 radical (unpaired) electrons. The van der Waals surface area contributed by atoms with E-state index in [4.69, 9.17) is 4.52 Å². The van der Waals surface area contributed by atoms with Crippen LogP contribution in [0.1, 0.15) is 41.1 Å². The van der Waals surface area contributed by atoms with Gasteiger partial charge < -0.3 is 19.6 Å². The van der Waals surface area contributed by atoms with Crippen molar-refractivity contribution in [1.29, 1.82) is 0 Å². The molecule has 3 fully saturated rings. The number of hydrogen-bond acceptors (Lipinski definition) is 6. The van der Waals surface area contributed by atoms with Gasteiger partial charge in [0.05, 0.1) is 5.69 Å². The van der Waals surface area contributed by atoms with Crippen molar-refractivity contribution in [1.82, 2.24) is 20.3 Å². The molecule has 3 amide bonds. The van der Waals surface area contributed by atoms with Crippen LogP contribution in [0.4, 0.5) is 4.79 Å². The molecular weight excluding hydrogens is 368 g/mol. The number of rotatable bonds is 2. The Kier molecular flexibility index (Phi) is 4.65. The molecule has 1 aromatic rings. The Morgan fingerprint density at radius 3 is 2.41 bits per heavy atom. The molecule has 0 aliphatic carbocycles. The standard InChI is InChI=1S/C18H24N4O4S/c1-11-14(12(2)26-20-11)16(24)21-6-3-18(4-7-21)5-8-22(10-18)15(23)13-9-27-17(25)19-13/h13H,3-10H2,1-2H3,(H,19,25)/t13-/m0/s1. The van der Waals surface area contributed by atoms with Gasteiger partial charge in [0.1, 0.15) is 17.4 Å². The average molecular weight is 392 g/mol. The van der Waals surface area contributed by atoms with Crippen LogP contribution in [0.2, 0.25) is 0 Å². The summed E-state index contributed by atoms with van der Waals surface area (Å²) < 4.78 is 5.12. The maximum Gasteiger partial charge on any atom is 0.279 e. The summed E-state index contributed by atoms with van der Waals surface area (Å²) in [7, 11) is 0. The topological polar surface area (TPSA) is 95.8 Å². The van der Waals surface area contributed by atoms with Crippen LogP contribution in [0.5, 0.6) is 0 Å². The molecule has 8 nitrogen and oxygen atoms in total. The van der Waals surface area contributed by atoms with Gasteiger partial charge >= 0.3 is 0 Å². The first kappa shape index (κ1) is 18.3. The Morgan fingerprint density at radius 2 is 1.85 bits per heavy atom. The van der Waals surface area contributed by atoms with Crippen molar-refractivity contribution in [3.05, 3.63) is 17.0 Å². The lowest BCUT2D eigenvalue weighted by molar-refractivity contribution is -0.132. The first-order valence-corrected chi connectivity index (χ1v) is 10.3. The highest BCUT2D eigenvalue weighted by Gasteiger charge is 2.45. The van der Waals surface area contributed by atoms with Crippen LogP contribution in [0.25, 0.3) is 0 Å². The molecule has 146 valence electrons. The van der Waals surface area contributed by atoms with Gasteiger partial charge in [-0.2, -0.15) is 0 Å². The highest BCUT2D eigenvalue weighted by Crippen LogP contribution is 2.41. The zero-order valence-corrected chi connectivity index (χ0v) is 16.4. The lowest BCUT2D eigenvalue weighted by atomic mass is 9.77. The molecule has 4 rings (SSSR count). The number of nitrogens with zero attached hydrogens (tertiary/aromatic N) is 3. The molecule has 0 aromatic carbocycles. The van der Waals surface area contributed by atoms with Crippen molar-refractivity contribution in [3.8, 4) is 0 Å². The molecule has 3 saturated heterocycles. The van der Waals surface area contributed by atoms with Crippen molar-refractivity contribution in [2.24, 2.45) is 5.41 Å². The Morgan fingerprint density at radius 1 is 1.19 bits per heavy atom. The van der Waals surface area contributed by atoms with Gasteiger partial charge in [-0.25, -0.2) is 0 Å². The van der Waals surface area contributed by atoms with E-state index >= 15 is 0 Å². The van der Waals surface area contributed by atoms with E-state index in [1.165, 1.54) is 11.8 Å². The summed E-state index contributed by atoms with van der Waals surface area (Å²) in [5.74, 6) is 1.09. The Balaban J connectivity index is 1.36. The lowest BCUT2D eigenvalue weighted by Crippen LogP contribution is -2.47. The van der Waals surface area contributed by atoms with Crippen molar-refractivity contribution in [3.63, 3.8) is 0 Å². The monoisotopic (exact) mass is 392 g/mol. The number of carbonyl (C=O) groups is 3. The van der Waals surface area contributed by atoms with Crippen molar-refractivity contribution < 1.29 is 18.9 Å².